The maximum atomic E-state index is 5.91. The Hall–Kier alpha value is -2.31. The third-order valence-electron chi connectivity index (χ3n) is 4.05. The second-order valence-corrected chi connectivity index (χ2v) is 5.92. The molecular weight excluding hydrogens is 358 g/mol. The molecule has 2 aromatic carbocycles. The van der Waals surface area contributed by atoms with Gasteiger partial charge in [-0.15, -0.1) is 12.4 Å². The Kier molecular flexibility index (Phi) is 6.30. The van der Waals surface area contributed by atoms with Crippen molar-refractivity contribution in [1.82, 2.24) is 5.32 Å². The first-order valence-electron chi connectivity index (χ1n) is 8.50. The number of rotatable bonds is 7. The molecule has 4 rings (SSSR count). The van der Waals surface area contributed by atoms with Crippen LogP contribution in [0.1, 0.15) is 6.42 Å². The summed E-state index contributed by atoms with van der Waals surface area (Å²) in [4.78, 5) is 0. The van der Waals surface area contributed by atoms with E-state index in [-0.39, 0.29) is 25.3 Å². The smallest absolute Gasteiger partial charge is 0.231 e. The molecule has 2 aliphatic rings. The van der Waals surface area contributed by atoms with E-state index in [0.717, 1.165) is 48.3 Å². The number of para-hydroxylation sites is 2. The van der Waals surface area contributed by atoms with Crippen LogP contribution in [0, 0.1) is 0 Å². The molecule has 2 aliphatic heterocycles. The van der Waals surface area contributed by atoms with E-state index in [9.17, 15) is 0 Å². The van der Waals surface area contributed by atoms with Gasteiger partial charge in [0, 0.05) is 12.6 Å². The topological polar surface area (TPSA) is 58.2 Å². The lowest BCUT2D eigenvalue weighted by molar-refractivity contribution is 0.0902. The standard InChI is InChI=1S/C19H21NO5.ClH/c1-2-5-18-16(4-1)22-12-15(25-18)11-20-8-3-9-21-14-6-7-17-19(10-14)24-13-23-17;/h1-2,4-7,10,15,20H,3,8-9,11-13H2;1H. The highest BCUT2D eigenvalue weighted by molar-refractivity contribution is 5.85. The minimum absolute atomic E-state index is 0. The Morgan fingerprint density at radius 1 is 0.962 bits per heavy atom. The summed E-state index contributed by atoms with van der Waals surface area (Å²) in [5, 5.41) is 3.38. The molecule has 26 heavy (non-hydrogen) atoms. The SMILES string of the molecule is Cl.c1ccc2c(c1)OCC(CNCCCOc1ccc3c(c1)OCO3)O2. The van der Waals surface area contributed by atoms with Gasteiger partial charge in [0.25, 0.3) is 0 Å². The van der Waals surface area contributed by atoms with Crippen molar-refractivity contribution >= 4 is 12.4 Å². The van der Waals surface area contributed by atoms with Gasteiger partial charge in [0.15, 0.2) is 23.0 Å². The summed E-state index contributed by atoms with van der Waals surface area (Å²) in [5.74, 6) is 3.93. The number of hydrogen-bond acceptors (Lipinski definition) is 6. The van der Waals surface area contributed by atoms with Crippen LogP contribution in [-0.2, 0) is 0 Å². The predicted octanol–water partition coefficient (Wildman–Crippen LogP) is 3.04. The molecule has 0 saturated heterocycles. The Labute approximate surface area is 158 Å². The fraction of sp³-hybridized carbons (Fsp3) is 0.368. The Bertz CT molecular complexity index is 727. The molecule has 0 bridgehead atoms. The molecule has 1 unspecified atom stereocenters. The van der Waals surface area contributed by atoms with Gasteiger partial charge in [0.1, 0.15) is 18.5 Å². The summed E-state index contributed by atoms with van der Waals surface area (Å²) in [7, 11) is 0. The molecule has 0 amide bonds. The van der Waals surface area contributed by atoms with Crippen molar-refractivity contribution in [3.05, 3.63) is 42.5 Å². The Morgan fingerprint density at radius 2 is 1.77 bits per heavy atom. The highest BCUT2D eigenvalue weighted by Crippen LogP contribution is 2.35. The lowest BCUT2D eigenvalue weighted by Gasteiger charge is -2.26. The van der Waals surface area contributed by atoms with E-state index in [2.05, 4.69) is 5.32 Å². The summed E-state index contributed by atoms with van der Waals surface area (Å²) in [6.07, 6.45) is 0.934. The first-order valence-corrected chi connectivity index (χ1v) is 8.50. The van der Waals surface area contributed by atoms with E-state index >= 15 is 0 Å². The summed E-state index contributed by atoms with van der Waals surface area (Å²) in [6.45, 7) is 3.08. The van der Waals surface area contributed by atoms with Crippen LogP contribution >= 0.6 is 12.4 Å². The minimum Gasteiger partial charge on any atom is -0.493 e. The number of fused-ring (bicyclic) bond motifs is 2. The van der Waals surface area contributed by atoms with Crippen molar-refractivity contribution in [1.29, 1.82) is 0 Å². The van der Waals surface area contributed by atoms with E-state index in [0.29, 0.717) is 13.2 Å². The molecule has 1 N–H and O–H groups in total. The zero-order chi connectivity index (χ0) is 16.9. The van der Waals surface area contributed by atoms with Gasteiger partial charge in [-0.1, -0.05) is 12.1 Å². The molecule has 0 fully saturated rings. The van der Waals surface area contributed by atoms with Gasteiger partial charge in [0.2, 0.25) is 6.79 Å². The van der Waals surface area contributed by atoms with Crippen LogP contribution in [0.2, 0.25) is 0 Å². The molecule has 2 heterocycles. The number of benzene rings is 2. The number of nitrogens with one attached hydrogen (secondary N) is 1. The molecule has 0 saturated carbocycles. The van der Waals surface area contributed by atoms with Gasteiger partial charge < -0.3 is 29.0 Å². The molecule has 0 aromatic heterocycles. The number of hydrogen-bond donors (Lipinski definition) is 1. The van der Waals surface area contributed by atoms with Crippen molar-refractivity contribution in [3.8, 4) is 28.7 Å². The normalized spacial score (nSPS) is 16.7. The molecule has 0 aliphatic carbocycles. The molecular formula is C19H22ClNO5. The molecule has 0 spiro atoms. The van der Waals surface area contributed by atoms with Crippen LogP contribution in [0.25, 0.3) is 0 Å². The lowest BCUT2D eigenvalue weighted by Crippen LogP contribution is -2.39. The van der Waals surface area contributed by atoms with Crippen molar-refractivity contribution in [2.24, 2.45) is 0 Å². The number of ether oxygens (including phenoxy) is 5. The van der Waals surface area contributed by atoms with E-state index in [1.54, 1.807) is 0 Å². The first-order chi connectivity index (χ1) is 12.4. The van der Waals surface area contributed by atoms with Gasteiger partial charge >= 0.3 is 0 Å². The summed E-state index contributed by atoms with van der Waals surface area (Å²) < 4.78 is 28.0. The van der Waals surface area contributed by atoms with E-state index in [1.165, 1.54) is 0 Å². The summed E-state index contributed by atoms with van der Waals surface area (Å²) in [6, 6.07) is 13.4. The van der Waals surface area contributed by atoms with E-state index in [4.69, 9.17) is 23.7 Å². The van der Waals surface area contributed by atoms with Crippen LogP contribution in [-0.4, -0.2) is 39.2 Å². The Balaban J connectivity index is 0.00000196. The van der Waals surface area contributed by atoms with Crippen LogP contribution in [0.5, 0.6) is 28.7 Å². The highest BCUT2D eigenvalue weighted by atomic mass is 35.5. The molecule has 6 nitrogen and oxygen atoms in total. The van der Waals surface area contributed by atoms with Crippen molar-refractivity contribution in [2.45, 2.75) is 12.5 Å². The quantitative estimate of drug-likeness (QED) is 0.746. The van der Waals surface area contributed by atoms with Gasteiger partial charge in [0.05, 0.1) is 6.61 Å². The second kappa shape index (κ2) is 8.87. The zero-order valence-electron chi connectivity index (χ0n) is 14.3. The molecule has 7 heteroatoms. The Morgan fingerprint density at radius 3 is 2.69 bits per heavy atom. The fourth-order valence-corrected chi connectivity index (χ4v) is 2.78. The van der Waals surface area contributed by atoms with E-state index < -0.39 is 0 Å². The van der Waals surface area contributed by atoms with Crippen molar-refractivity contribution in [3.63, 3.8) is 0 Å². The maximum Gasteiger partial charge on any atom is 0.231 e. The monoisotopic (exact) mass is 379 g/mol. The summed E-state index contributed by atoms with van der Waals surface area (Å²) in [5.41, 5.74) is 0. The van der Waals surface area contributed by atoms with Gasteiger partial charge in [-0.2, -0.15) is 0 Å². The van der Waals surface area contributed by atoms with E-state index in [1.807, 2.05) is 42.5 Å². The average Bonchev–Trinajstić information content (AvgIpc) is 3.12. The maximum absolute atomic E-state index is 5.91. The minimum atomic E-state index is 0. The van der Waals surface area contributed by atoms with Gasteiger partial charge in [-0.25, -0.2) is 0 Å². The van der Waals surface area contributed by atoms with Crippen LogP contribution < -0.4 is 29.0 Å². The van der Waals surface area contributed by atoms with Gasteiger partial charge in [-0.05, 0) is 37.2 Å². The van der Waals surface area contributed by atoms with Crippen molar-refractivity contribution in [2.75, 3.05) is 33.1 Å². The molecule has 140 valence electrons. The average molecular weight is 380 g/mol. The molecule has 1 atom stereocenters. The first kappa shape index (κ1) is 18.5. The lowest BCUT2D eigenvalue weighted by atomic mass is 10.2. The third kappa shape index (κ3) is 4.45. The van der Waals surface area contributed by atoms with Crippen LogP contribution in [0.3, 0.4) is 0 Å². The van der Waals surface area contributed by atoms with Crippen LogP contribution in [0.4, 0.5) is 0 Å². The second-order valence-electron chi connectivity index (χ2n) is 5.92. The fourth-order valence-electron chi connectivity index (χ4n) is 2.78. The highest BCUT2D eigenvalue weighted by Gasteiger charge is 2.19. The number of halogens is 1. The van der Waals surface area contributed by atoms with Crippen LogP contribution in [0.15, 0.2) is 42.5 Å². The summed E-state index contributed by atoms with van der Waals surface area (Å²) >= 11 is 0. The van der Waals surface area contributed by atoms with Crippen molar-refractivity contribution < 1.29 is 23.7 Å². The predicted molar refractivity (Wildman–Crippen MR) is 99.1 cm³/mol. The largest absolute Gasteiger partial charge is 0.493 e. The van der Waals surface area contributed by atoms with Gasteiger partial charge in [-0.3, -0.25) is 0 Å². The molecule has 0 radical (unpaired) electrons. The molecule has 2 aromatic rings. The third-order valence-corrected chi connectivity index (χ3v) is 4.05. The zero-order valence-corrected chi connectivity index (χ0v) is 15.1.